The zero-order valence-electron chi connectivity index (χ0n) is 24.7. The molecule has 2 nitrogen and oxygen atoms in total. The zero-order chi connectivity index (χ0) is 29.0. The number of aryl methyl sites for hydroxylation is 1. The quantitative estimate of drug-likeness (QED) is 0.170. The molecule has 1 heterocycles. The highest BCUT2D eigenvalue weighted by Gasteiger charge is 2.24. The minimum absolute atomic E-state index is 0.216. The summed E-state index contributed by atoms with van der Waals surface area (Å²) in [7, 11) is 0. The van der Waals surface area contributed by atoms with E-state index >= 15 is 8.78 Å². The van der Waals surface area contributed by atoms with Gasteiger partial charge in [0.05, 0.1) is 13.2 Å². The van der Waals surface area contributed by atoms with E-state index < -0.39 is 17.9 Å². The SMILES string of the molecule is CCCCCCCCCc1ccc(-c2ccc(-c3ccc(C4OCC(CCCCC)CO4)cc3F)cc2)c(F)c1F. The first kappa shape index (κ1) is 31.3. The monoisotopic (exact) mass is 566 g/mol. The lowest BCUT2D eigenvalue weighted by atomic mass is 9.96. The maximum Gasteiger partial charge on any atom is 0.183 e. The van der Waals surface area contributed by atoms with Crippen molar-refractivity contribution in [2.24, 2.45) is 5.92 Å². The molecular weight excluding hydrogens is 521 g/mol. The van der Waals surface area contributed by atoms with Gasteiger partial charge in [-0.05, 0) is 42.0 Å². The van der Waals surface area contributed by atoms with Gasteiger partial charge < -0.3 is 9.47 Å². The van der Waals surface area contributed by atoms with Crippen molar-refractivity contribution in [3.8, 4) is 22.3 Å². The standard InChI is InChI=1S/C36H45F3O2/c1-3-5-7-8-9-10-12-14-29-19-22-32(35(39)34(29)38)28-17-15-27(16-18-28)31-21-20-30(23-33(31)37)36-40-24-26(25-41-36)13-11-6-4-2/h15-23,26,36H,3-14,24-25H2,1-2H3. The first-order valence-electron chi connectivity index (χ1n) is 15.6. The summed E-state index contributed by atoms with van der Waals surface area (Å²) < 4.78 is 56.8. The molecule has 0 aromatic heterocycles. The van der Waals surface area contributed by atoms with Gasteiger partial charge in [0.15, 0.2) is 17.9 Å². The Morgan fingerprint density at radius 3 is 1.88 bits per heavy atom. The van der Waals surface area contributed by atoms with Crippen LogP contribution in [0.15, 0.2) is 54.6 Å². The molecule has 4 rings (SSSR count). The van der Waals surface area contributed by atoms with Gasteiger partial charge in [0.1, 0.15) is 5.82 Å². The first-order valence-corrected chi connectivity index (χ1v) is 15.6. The Labute approximate surface area is 244 Å². The van der Waals surface area contributed by atoms with Crippen LogP contribution in [0.1, 0.15) is 102 Å². The van der Waals surface area contributed by atoms with E-state index in [1.165, 1.54) is 51.0 Å². The van der Waals surface area contributed by atoms with E-state index in [4.69, 9.17) is 9.47 Å². The van der Waals surface area contributed by atoms with Crippen molar-refractivity contribution in [1.29, 1.82) is 0 Å². The lowest BCUT2D eigenvalue weighted by Crippen LogP contribution is -2.27. The molecule has 41 heavy (non-hydrogen) atoms. The van der Waals surface area contributed by atoms with Crippen molar-refractivity contribution < 1.29 is 22.6 Å². The van der Waals surface area contributed by atoms with Crippen LogP contribution >= 0.6 is 0 Å². The summed E-state index contributed by atoms with van der Waals surface area (Å²) in [5.74, 6) is -1.58. The minimum atomic E-state index is -0.825. The van der Waals surface area contributed by atoms with Gasteiger partial charge in [0.25, 0.3) is 0 Å². The molecule has 0 spiro atoms. The van der Waals surface area contributed by atoms with Gasteiger partial charge in [-0.3, -0.25) is 0 Å². The van der Waals surface area contributed by atoms with E-state index in [1.54, 1.807) is 42.5 Å². The molecule has 0 aliphatic carbocycles. The molecule has 0 unspecified atom stereocenters. The molecule has 3 aromatic carbocycles. The second-order valence-corrected chi connectivity index (χ2v) is 11.4. The third-order valence-corrected chi connectivity index (χ3v) is 8.17. The smallest absolute Gasteiger partial charge is 0.183 e. The highest BCUT2D eigenvalue weighted by molar-refractivity contribution is 5.71. The fourth-order valence-corrected chi connectivity index (χ4v) is 5.60. The van der Waals surface area contributed by atoms with Crippen molar-refractivity contribution >= 4 is 0 Å². The predicted octanol–water partition coefficient (Wildman–Crippen LogP) is 11.0. The fourth-order valence-electron chi connectivity index (χ4n) is 5.60. The highest BCUT2D eigenvalue weighted by Crippen LogP contribution is 2.33. The predicted molar refractivity (Wildman–Crippen MR) is 161 cm³/mol. The van der Waals surface area contributed by atoms with Crippen LogP contribution in [0.2, 0.25) is 0 Å². The van der Waals surface area contributed by atoms with Crippen LogP contribution in [-0.4, -0.2) is 13.2 Å². The van der Waals surface area contributed by atoms with Crippen LogP contribution in [0.5, 0.6) is 0 Å². The Morgan fingerprint density at radius 2 is 1.22 bits per heavy atom. The van der Waals surface area contributed by atoms with E-state index in [-0.39, 0.29) is 11.4 Å². The number of ether oxygens (including phenoxy) is 2. The number of rotatable bonds is 15. The van der Waals surface area contributed by atoms with Crippen LogP contribution < -0.4 is 0 Å². The van der Waals surface area contributed by atoms with Crippen molar-refractivity contribution in [2.45, 2.75) is 97.2 Å². The van der Waals surface area contributed by atoms with Gasteiger partial charge in [-0.1, -0.05) is 120 Å². The number of halogens is 3. The summed E-state index contributed by atoms with van der Waals surface area (Å²) >= 11 is 0. The lowest BCUT2D eigenvalue weighted by molar-refractivity contribution is -0.206. The normalized spacial score (nSPS) is 17.2. The summed E-state index contributed by atoms with van der Waals surface area (Å²) in [6.07, 6.45) is 12.6. The van der Waals surface area contributed by atoms with Crippen LogP contribution in [0, 0.1) is 23.4 Å². The number of hydrogen-bond acceptors (Lipinski definition) is 2. The molecule has 0 radical (unpaired) electrons. The van der Waals surface area contributed by atoms with E-state index in [2.05, 4.69) is 13.8 Å². The maximum absolute atomic E-state index is 15.1. The van der Waals surface area contributed by atoms with Crippen LogP contribution in [0.4, 0.5) is 13.2 Å². The topological polar surface area (TPSA) is 18.5 Å². The third-order valence-electron chi connectivity index (χ3n) is 8.17. The van der Waals surface area contributed by atoms with E-state index in [0.717, 1.165) is 25.7 Å². The van der Waals surface area contributed by atoms with E-state index in [0.29, 0.717) is 53.4 Å². The molecule has 1 fully saturated rings. The summed E-state index contributed by atoms with van der Waals surface area (Å²) in [5.41, 5.74) is 2.96. The summed E-state index contributed by atoms with van der Waals surface area (Å²) in [5, 5.41) is 0. The first-order chi connectivity index (χ1) is 20.0. The molecule has 0 saturated carbocycles. The Balaban J connectivity index is 1.35. The Bertz CT molecular complexity index is 1220. The van der Waals surface area contributed by atoms with Gasteiger partial charge >= 0.3 is 0 Å². The molecule has 5 heteroatoms. The second-order valence-electron chi connectivity index (χ2n) is 11.4. The molecule has 0 atom stereocenters. The maximum atomic E-state index is 15.1. The Kier molecular flexibility index (Phi) is 12.3. The van der Waals surface area contributed by atoms with Crippen LogP contribution in [0.25, 0.3) is 22.3 Å². The van der Waals surface area contributed by atoms with Crippen molar-refractivity contribution in [2.75, 3.05) is 13.2 Å². The van der Waals surface area contributed by atoms with Crippen molar-refractivity contribution in [1.82, 2.24) is 0 Å². The number of unbranched alkanes of at least 4 members (excludes halogenated alkanes) is 8. The molecule has 3 aromatic rings. The van der Waals surface area contributed by atoms with Crippen LogP contribution in [-0.2, 0) is 15.9 Å². The molecule has 0 N–H and O–H groups in total. The summed E-state index contributed by atoms with van der Waals surface area (Å²) in [4.78, 5) is 0. The van der Waals surface area contributed by atoms with Crippen molar-refractivity contribution in [3.63, 3.8) is 0 Å². The molecule has 1 aliphatic heterocycles. The van der Waals surface area contributed by atoms with Crippen LogP contribution in [0.3, 0.4) is 0 Å². The largest absolute Gasteiger partial charge is 0.348 e. The molecule has 1 saturated heterocycles. The second kappa shape index (κ2) is 16.1. The molecular formula is C36H45F3O2. The van der Waals surface area contributed by atoms with Gasteiger partial charge in [0.2, 0.25) is 0 Å². The summed E-state index contributed by atoms with van der Waals surface area (Å²) in [6.45, 7) is 5.63. The Morgan fingerprint density at radius 1 is 0.634 bits per heavy atom. The highest BCUT2D eigenvalue weighted by atomic mass is 19.2. The zero-order valence-corrected chi connectivity index (χ0v) is 24.7. The van der Waals surface area contributed by atoms with Gasteiger partial charge in [0, 0.05) is 22.6 Å². The van der Waals surface area contributed by atoms with E-state index in [1.807, 2.05) is 6.07 Å². The molecule has 222 valence electrons. The average Bonchev–Trinajstić information content (AvgIpc) is 2.99. The summed E-state index contributed by atoms with van der Waals surface area (Å²) in [6, 6.07) is 15.3. The molecule has 1 aliphatic rings. The molecule has 0 bridgehead atoms. The average molecular weight is 567 g/mol. The van der Waals surface area contributed by atoms with E-state index in [9.17, 15) is 4.39 Å². The van der Waals surface area contributed by atoms with Gasteiger partial charge in [-0.15, -0.1) is 0 Å². The third kappa shape index (κ3) is 8.68. The van der Waals surface area contributed by atoms with Gasteiger partial charge in [-0.25, -0.2) is 13.2 Å². The minimum Gasteiger partial charge on any atom is -0.348 e. The number of benzene rings is 3. The fraction of sp³-hybridized carbons (Fsp3) is 0.500. The lowest BCUT2D eigenvalue weighted by Gasteiger charge is -2.29. The molecule has 0 amide bonds. The number of hydrogen-bond donors (Lipinski definition) is 0. The van der Waals surface area contributed by atoms with Crippen molar-refractivity contribution in [3.05, 3.63) is 83.2 Å². The Hall–Kier alpha value is -2.63. The van der Waals surface area contributed by atoms with Gasteiger partial charge in [-0.2, -0.15) is 0 Å².